The molecule has 1 aromatic heterocycles. The van der Waals surface area contributed by atoms with Gasteiger partial charge in [0.25, 0.3) is 0 Å². The molecule has 0 amide bonds. The second kappa shape index (κ2) is 3.87. The van der Waals surface area contributed by atoms with Crippen molar-refractivity contribution < 1.29 is 0 Å². The third-order valence-electron chi connectivity index (χ3n) is 3.46. The number of benzene rings is 1. The molecule has 4 nitrogen and oxygen atoms in total. The molecule has 1 aromatic carbocycles. The summed E-state index contributed by atoms with van der Waals surface area (Å²) in [5.41, 5.74) is 1.95. The van der Waals surface area contributed by atoms with Gasteiger partial charge in [-0.3, -0.25) is 0 Å². The largest absolute Gasteiger partial charge is 0.347 e. The Bertz CT molecular complexity index is 575. The molecule has 2 aromatic rings. The summed E-state index contributed by atoms with van der Waals surface area (Å²) in [4.78, 5) is 11.8. The summed E-state index contributed by atoms with van der Waals surface area (Å²) in [6, 6.07) is 7.96. The first-order valence-electron chi connectivity index (χ1n) is 6.00. The summed E-state index contributed by atoms with van der Waals surface area (Å²) < 4.78 is 1.70. The monoisotopic (exact) mass is 229 g/mol. The van der Waals surface area contributed by atoms with Crippen molar-refractivity contribution in [2.75, 3.05) is 0 Å². The lowest BCUT2D eigenvalue weighted by molar-refractivity contribution is 0.396. The number of nitrogens with zero attached hydrogens (tertiary/aromatic N) is 2. The lowest BCUT2D eigenvalue weighted by Crippen LogP contribution is -2.21. The predicted octanol–water partition coefficient (Wildman–Crippen LogP) is 2.14. The molecule has 1 saturated carbocycles. The Morgan fingerprint density at radius 2 is 2.00 bits per heavy atom. The van der Waals surface area contributed by atoms with Gasteiger partial charge in [0.05, 0.1) is 5.69 Å². The van der Waals surface area contributed by atoms with E-state index in [1.54, 1.807) is 4.57 Å². The van der Waals surface area contributed by atoms with Gasteiger partial charge in [-0.2, -0.15) is 5.10 Å². The number of aromatic nitrogens is 3. The number of aryl methyl sites for hydroxylation is 1. The van der Waals surface area contributed by atoms with Crippen molar-refractivity contribution in [3.8, 4) is 5.69 Å². The van der Waals surface area contributed by atoms with Crippen LogP contribution in [0.5, 0.6) is 0 Å². The van der Waals surface area contributed by atoms with E-state index in [1.165, 1.54) is 12.0 Å². The Morgan fingerprint density at radius 3 is 2.59 bits per heavy atom. The lowest BCUT2D eigenvalue weighted by atomic mass is 9.85. The fraction of sp³-hybridized carbons (Fsp3) is 0.385. The summed E-state index contributed by atoms with van der Waals surface area (Å²) in [5.74, 6) is 1.32. The first-order chi connectivity index (χ1) is 8.25. The summed E-state index contributed by atoms with van der Waals surface area (Å²) in [5, 5.41) is 6.72. The Morgan fingerprint density at radius 1 is 1.29 bits per heavy atom. The normalized spacial score (nSPS) is 15.8. The van der Waals surface area contributed by atoms with Crippen LogP contribution in [0.3, 0.4) is 0 Å². The summed E-state index contributed by atoms with van der Waals surface area (Å²) in [6.45, 7) is 2.04. The molecule has 1 N–H and O–H groups in total. The second-order valence-corrected chi connectivity index (χ2v) is 4.69. The maximum Gasteiger partial charge on any atom is 0.347 e. The van der Waals surface area contributed by atoms with E-state index in [-0.39, 0.29) is 5.69 Å². The van der Waals surface area contributed by atoms with E-state index in [4.69, 9.17) is 0 Å². The van der Waals surface area contributed by atoms with Gasteiger partial charge in [-0.15, -0.1) is 0 Å². The van der Waals surface area contributed by atoms with E-state index in [1.807, 2.05) is 31.2 Å². The average molecular weight is 229 g/mol. The van der Waals surface area contributed by atoms with Gasteiger partial charge in [0.2, 0.25) is 0 Å². The maximum absolute atomic E-state index is 11.8. The quantitative estimate of drug-likeness (QED) is 0.857. The van der Waals surface area contributed by atoms with E-state index in [9.17, 15) is 4.79 Å². The zero-order valence-electron chi connectivity index (χ0n) is 9.81. The van der Waals surface area contributed by atoms with Gasteiger partial charge in [0.15, 0.2) is 0 Å². The van der Waals surface area contributed by atoms with Crippen LogP contribution in [0.2, 0.25) is 0 Å². The molecule has 0 spiro atoms. The van der Waals surface area contributed by atoms with E-state index in [2.05, 4.69) is 10.2 Å². The van der Waals surface area contributed by atoms with Crippen molar-refractivity contribution >= 4 is 0 Å². The van der Waals surface area contributed by atoms with Crippen molar-refractivity contribution in [1.29, 1.82) is 0 Å². The topological polar surface area (TPSA) is 50.7 Å². The van der Waals surface area contributed by atoms with E-state index < -0.39 is 0 Å². The molecule has 1 aliphatic rings. The maximum atomic E-state index is 11.8. The van der Waals surface area contributed by atoms with Crippen molar-refractivity contribution in [3.05, 3.63) is 46.1 Å². The molecule has 88 valence electrons. The van der Waals surface area contributed by atoms with Gasteiger partial charge < -0.3 is 0 Å². The summed E-state index contributed by atoms with van der Waals surface area (Å²) in [6.07, 6.45) is 3.51. The Hall–Kier alpha value is -1.84. The molecule has 1 fully saturated rings. The fourth-order valence-electron chi connectivity index (χ4n) is 2.19. The summed E-state index contributed by atoms with van der Waals surface area (Å²) in [7, 11) is 0. The van der Waals surface area contributed by atoms with Crippen LogP contribution < -0.4 is 5.69 Å². The Labute approximate surface area is 99.3 Å². The first-order valence-corrected chi connectivity index (χ1v) is 6.00. The van der Waals surface area contributed by atoms with Gasteiger partial charge in [-0.05, 0) is 31.9 Å². The zero-order chi connectivity index (χ0) is 11.8. The van der Waals surface area contributed by atoms with Gasteiger partial charge in [-0.25, -0.2) is 14.5 Å². The lowest BCUT2D eigenvalue weighted by Gasteiger charge is -2.24. The van der Waals surface area contributed by atoms with Crippen molar-refractivity contribution in [2.24, 2.45) is 0 Å². The second-order valence-electron chi connectivity index (χ2n) is 4.69. The third kappa shape index (κ3) is 1.69. The molecule has 0 aliphatic heterocycles. The van der Waals surface area contributed by atoms with Crippen molar-refractivity contribution in [1.82, 2.24) is 14.8 Å². The molecule has 1 heterocycles. The summed E-state index contributed by atoms with van der Waals surface area (Å²) >= 11 is 0. The standard InChI is InChI=1S/C13H15N3O/c1-9-5-7-11(8-6-9)16-12(10-3-2-4-10)14-15-13(16)17/h5-8,10H,2-4H2,1H3,(H,15,17). The van der Waals surface area contributed by atoms with Crippen LogP contribution >= 0.6 is 0 Å². The number of rotatable bonds is 2. The number of nitrogens with one attached hydrogen (secondary N) is 1. The number of aromatic amines is 1. The number of H-pyrrole nitrogens is 1. The minimum Gasteiger partial charge on any atom is -0.247 e. The van der Waals surface area contributed by atoms with E-state index in [0.717, 1.165) is 24.4 Å². The minimum atomic E-state index is -0.143. The van der Waals surface area contributed by atoms with Crippen molar-refractivity contribution in [2.45, 2.75) is 32.1 Å². The molecular formula is C13H15N3O. The molecule has 1 aliphatic carbocycles. The molecule has 0 unspecified atom stereocenters. The molecule has 4 heteroatoms. The molecule has 0 bridgehead atoms. The molecule has 0 radical (unpaired) electrons. The van der Waals surface area contributed by atoms with Gasteiger partial charge in [0.1, 0.15) is 5.82 Å². The van der Waals surface area contributed by atoms with Crippen LogP contribution in [0.1, 0.15) is 36.6 Å². The molecular weight excluding hydrogens is 214 g/mol. The van der Waals surface area contributed by atoms with Crippen LogP contribution in [0.15, 0.2) is 29.1 Å². The highest BCUT2D eigenvalue weighted by atomic mass is 16.1. The van der Waals surface area contributed by atoms with Crippen LogP contribution in [0.4, 0.5) is 0 Å². The van der Waals surface area contributed by atoms with Crippen molar-refractivity contribution in [3.63, 3.8) is 0 Å². The Kier molecular flexibility index (Phi) is 2.35. The van der Waals surface area contributed by atoms with E-state index >= 15 is 0 Å². The zero-order valence-corrected chi connectivity index (χ0v) is 9.81. The smallest absolute Gasteiger partial charge is 0.247 e. The molecule has 0 saturated heterocycles. The third-order valence-corrected chi connectivity index (χ3v) is 3.46. The van der Waals surface area contributed by atoms with E-state index in [0.29, 0.717) is 5.92 Å². The van der Waals surface area contributed by atoms with Crippen LogP contribution in [0.25, 0.3) is 5.69 Å². The number of hydrogen-bond acceptors (Lipinski definition) is 2. The minimum absolute atomic E-state index is 0.143. The van der Waals surface area contributed by atoms with Crippen LogP contribution in [-0.2, 0) is 0 Å². The predicted molar refractivity (Wildman–Crippen MR) is 65.5 cm³/mol. The highest BCUT2D eigenvalue weighted by molar-refractivity contribution is 5.35. The van der Waals surface area contributed by atoms with Gasteiger partial charge in [0, 0.05) is 5.92 Å². The average Bonchev–Trinajstić information content (AvgIpc) is 2.60. The molecule has 17 heavy (non-hydrogen) atoms. The van der Waals surface area contributed by atoms with Crippen LogP contribution in [0, 0.1) is 6.92 Å². The highest BCUT2D eigenvalue weighted by Gasteiger charge is 2.26. The molecule has 0 atom stereocenters. The SMILES string of the molecule is Cc1ccc(-n2c(C3CCC3)n[nH]c2=O)cc1. The Balaban J connectivity index is 2.09. The van der Waals surface area contributed by atoms with Gasteiger partial charge in [-0.1, -0.05) is 24.1 Å². The van der Waals surface area contributed by atoms with Gasteiger partial charge >= 0.3 is 5.69 Å². The van der Waals surface area contributed by atoms with Crippen LogP contribution in [-0.4, -0.2) is 14.8 Å². The molecule has 3 rings (SSSR count). The highest BCUT2D eigenvalue weighted by Crippen LogP contribution is 2.35. The first kappa shape index (κ1) is 10.3. The fourth-order valence-corrected chi connectivity index (χ4v) is 2.19. The number of hydrogen-bond donors (Lipinski definition) is 1.